The summed E-state index contributed by atoms with van der Waals surface area (Å²) in [5.74, 6) is 0.231. The highest BCUT2D eigenvalue weighted by atomic mass is 16.5. The third kappa shape index (κ3) is 3.47. The second-order valence-corrected chi connectivity index (χ2v) is 5.80. The van der Waals surface area contributed by atoms with Crippen molar-refractivity contribution in [2.24, 2.45) is 0 Å². The van der Waals surface area contributed by atoms with Crippen molar-refractivity contribution in [2.75, 3.05) is 18.9 Å². The van der Waals surface area contributed by atoms with Crippen LogP contribution >= 0.6 is 0 Å². The molecule has 3 rings (SSSR count). The molecular formula is C15H23N5O3. The van der Waals surface area contributed by atoms with Gasteiger partial charge in [0.15, 0.2) is 11.5 Å². The molecule has 1 atom stereocenters. The molecule has 3 heterocycles. The summed E-state index contributed by atoms with van der Waals surface area (Å²) in [6.07, 6.45) is 5.06. The fraction of sp³-hybridized carbons (Fsp3) is 0.667. The van der Waals surface area contributed by atoms with Gasteiger partial charge >= 0.3 is 11.7 Å². The third-order valence-electron chi connectivity index (χ3n) is 4.06. The number of hydrogen-bond acceptors (Lipinski definition) is 6. The first kappa shape index (κ1) is 15.8. The highest BCUT2D eigenvalue weighted by molar-refractivity contribution is 5.81. The minimum absolute atomic E-state index is 0.214. The van der Waals surface area contributed by atoms with Gasteiger partial charge in [-0.25, -0.2) is 4.79 Å². The van der Waals surface area contributed by atoms with E-state index < -0.39 is 0 Å². The number of imidazole rings is 1. The Balaban J connectivity index is 1.83. The van der Waals surface area contributed by atoms with Gasteiger partial charge in [0.25, 0.3) is 0 Å². The van der Waals surface area contributed by atoms with Crippen molar-refractivity contribution in [3.8, 4) is 6.01 Å². The molecule has 8 heteroatoms. The number of fused-ring (bicyclic) bond motifs is 1. The van der Waals surface area contributed by atoms with Gasteiger partial charge in [0, 0.05) is 13.2 Å². The molecule has 0 bridgehead atoms. The van der Waals surface area contributed by atoms with Crippen LogP contribution in [0.25, 0.3) is 11.2 Å². The standard InChI is InChI=1S/C15H23N5O3/c1-2-3-8-23-14-18-12(16)11-13(19-14)20(15(21)17-11)7-6-10-5-4-9-22-10/h10H,2-9H2,1H3,(H,17,21)(H2,16,18,19)/t10-/m1/s1. The van der Waals surface area contributed by atoms with Gasteiger partial charge in [-0.1, -0.05) is 13.3 Å². The van der Waals surface area contributed by atoms with E-state index in [9.17, 15) is 4.79 Å². The summed E-state index contributed by atoms with van der Waals surface area (Å²) in [7, 11) is 0. The van der Waals surface area contributed by atoms with Crippen molar-refractivity contribution in [2.45, 2.75) is 51.7 Å². The molecule has 1 saturated heterocycles. The molecule has 0 aliphatic carbocycles. The predicted molar refractivity (Wildman–Crippen MR) is 86.6 cm³/mol. The molecule has 0 saturated carbocycles. The summed E-state index contributed by atoms with van der Waals surface area (Å²) < 4.78 is 12.7. The number of anilines is 1. The second kappa shape index (κ2) is 6.99. The van der Waals surface area contributed by atoms with Crippen LogP contribution in [0.1, 0.15) is 39.0 Å². The topological polar surface area (TPSA) is 108 Å². The summed E-state index contributed by atoms with van der Waals surface area (Å²) in [4.78, 5) is 23.3. The number of nitrogens with two attached hydrogens (primary N) is 1. The lowest BCUT2D eigenvalue weighted by Crippen LogP contribution is -2.20. The number of aryl methyl sites for hydroxylation is 1. The zero-order valence-corrected chi connectivity index (χ0v) is 13.4. The maximum absolute atomic E-state index is 12.2. The normalized spacial score (nSPS) is 17.9. The Kier molecular flexibility index (Phi) is 4.80. The monoisotopic (exact) mass is 321 g/mol. The molecule has 126 valence electrons. The molecule has 1 aliphatic heterocycles. The van der Waals surface area contributed by atoms with Gasteiger partial charge in [-0.2, -0.15) is 9.97 Å². The van der Waals surface area contributed by atoms with Crippen LogP contribution in [0, 0.1) is 0 Å². The van der Waals surface area contributed by atoms with Crippen molar-refractivity contribution in [1.82, 2.24) is 19.5 Å². The fourth-order valence-corrected chi connectivity index (χ4v) is 2.76. The van der Waals surface area contributed by atoms with Crippen LogP contribution in [0.15, 0.2) is 4.79 Å². The summed E-state index contributed by atoms with van der Waals surface area (Å²) >= 11 is 0. The van der Waals surface area contributed by atoms with E-state index in [0.29, 0.717) is 24.3 Å². The van der Waals surface area contributed by atoms with Crippen LogP contribution in [0.3, 0.4) is 0 Å². The van der Waals surface area contributed by atoms with Crippen molar-refractivity contribution in [3.63, 3.8) is 0 Å². The van der Waals surface area contributed by atoms with E-state index >= 15 is 0 Å². The van der Waals surface area contributed by atoms with Crippen molar-refractivity contribution in [3.05, 3.63) is 10.5 Å². The van der Waals surface area contributed by atoms with Crippen LogP contribution < -0.4 is 16.2 Å². The molecule has 1 aliphatic rings. The Morgan fingerprint density at radius 1 is 1.48 bits per heavy atom. The summed E-state index contributed by atoms with van der Waals surface area (Å²) in [5, 5.41) is 0. The van der Waals surface area contributed by atoms with Crippen molar-refractivity contribution < 1.29 is 9.47 Å². The van der Waals surface area contributed by atoms with E-state index in [2.05, 4.69) is 21.9 Å². The van der Waals surface area contributed by atoms with E-state index in [-0.39, 0.29) is 23.6 Å². The third-order valence-corrected chi connectivity index (χ3v) is 4.06. The maximum atomic E-state index is 12.2. The highest BCUT2D eigenvalue weighted by Gasteiger charge is 2.18. The van der Waals surface area contributed by atoms with E-state index in [4.69, 9.17) is 15.2 Å². The Bertz CT molecular complexity index is 718. The second-order valence-electron chi connectivity index (χ2n) is 5.80. The van der Waals surface area contributed by atoms with Gasteiger partial charge in [-0.3, -0.25) is 4.57 Å². The quantitative estimate of drug-likeness (QED) is 0.747. The number of hydrogen-bond donors (Lipinski definition) is 2. The number of nitrogen functional groups attached to an aromatic ring is 1. The minimum atomic E-state index is -0.232. The van der Waals surface area contributed by atoms with E-state index in [1.54, 1.807) is 4.57 Å². The fourth-order valence-electron chi connectivity index (χ4n) is 2.76. The Labute approximate surface area is 134 Å². The SMILES string of the molecule is CCCCOc1nc(N)c2[nH]c(=O)n(CC[C@H]3CCCO3)c2n1. The molecule has 0 spiro atoms. The Morgan fingerprint density at radius 2 is 2.35 bits per heavy atom. The molecule has 2 aromatic rings. The molecule has 8 nitrogen and oxygen atoms in total. The number of aromatic nitrogens is 4. The first-order valence-electron chi connectivity index (χ1n) is 8.19. The lowest BCUT2D eigenvalue weighted by Gasteiger charge is -2.10. The summed E-state index contributed by atoms with van der Waals surface area (Å²) in [6, 6.07) is 0.216. The minimum Gasteiger partial charge on any atom is -0.463 e. The Morgan fingerprint density at radius 3 is 3.09 bits per heavy atom. The molecule has 23 heavy (non-hydrogen) atoms. The lowest BCUT2D eigenvalue weighted by atomic mass is 10.2. The van der Waals surface area contributed by atoms with Crippen LogP contribution in [0.4, 0.5) is 5.82 Å². The van der Waals surface area contributed by atoms with Crippen LogP contribution in [0.2, 0.25) is 0 Å². The first-order valence-corrected chi connectivity index (χ1v) is 8.19. The lowest BCUT2D eigenvalue weighted by molar-refractivity contribution is 0.100. The zero-order chi connectivity index (χ0) is 16.2. The number of ether oxygens (including phenoxy) is 2. The molecule has 3 N–H and O–H groups in total. The van der Waals surface area contributed by atoms with E-state index in [1.807, 2.05) is 0 Å². The van der Waals surface area contributed by atoms with Crippen molar-refractivity contribution in [1.29, 1.82) is 0 Å². The highest BCUT2D eigenvalue weighted by Crippen LogP contribution is 2.20. The summed E-state index contributed by atoms with van der Waals surface area (Å²) in [6.45, 7) is 3.95. The first-order chi connectivity index (χ1) is 11.2. The average molecular weight is 321 g/mol. The number of aromatic amines is 1. The molecule has 1 fully saturated rings. The smallest absolute Gasteiger partial charge is 0.327 e. The number of rotatable bonds is 7. The molecule has 0 radical (unpaired) electrons. The van der Waals surface area contributed by atoms with Crippen LogP contribution in [0.5, 0.6) is 6.01 Å². The summed E-state index contributed by atoms with van der Waals surface area (Å²) in [5.41, 5.74) is 6.65. The van der Waals surface area contributed by atoms with Gasteiger partial charge < -0.3 is 20.2 Å². The van der Waals surface area contributed by atoms with Crippen LogP contribution in [-0.4, -0.2) is 38.8 Å². The number of nitrogens with one attached hydrogen (secondary N) is 1. The van der Waals surface area contributed by atoms with Crippen LogP contribution in [-0.2, 0) is 11.3 Å². The molecule has 0 unspecified atom stereocenters. The Hall–Kier alpha value is -2.09. The molecule has 2 aromatic heterocycles. The molecular weight excluding hydrogens is 298 g/mol. The van der Waals surface area contributed by atoms with Gasteiger partial charge in [0.1, 0.15) is 5.52 Å². The largest absolute Gasteiger partial charge is 0.463 e. The average Bonchev–Trinajstić information content (AvgIpc) is 3.14. The van der Waals surface area contributed by atoms with Gasteiger partial charge in [0.05, 0.1) is 12.7 Å². The van der Waals surface area contributed by atoms with Gasteiger partial charge in [0.2, 0.25) is 0 Å². The maximum Gasteiger partial charge on any atom is 0.327 e. The zero-order valence-electron chi connectivity index (χ0n) is 13.4. The number of unbranched alkanes of at least 4 members (excludes halogenated alkanes) is 1. The molecule has 0 amide bonds. The number of H-pyrrole nitrogens is 1. The number of nitrogens with zero attached hydrogens (tertiary/aromatic N) is 3. The van der Waals surface area contributed by atoms with Gasteiger partial charge in [-0.15, -0.1) is 0 Å². The molecule has 0 aromatic carbocycles. The van der Waals surface area contributed by atoms with E-state index in [1.165, 1.54) is 0 Å². The van der Waals surface area contributed by atoms with Crippen molar-refractivity contribution >= 4 is 17.0 Å². The predicted octanol–water partition coefficient (Wildman–Crippen LogP) is 1.45. The van der Waals surface area contributed by atoms with Gasteiger partial charge in [-0.05, 0) is 25.7 Å². The van der Waals surface area contributed by atoms with E-state index in [0.717, 1.165) is 38.7 Å².